The van der Waals surface area contributed by atoms with Crippen LogP contribution >= 0.6 is 11.3 Å². The Morgan fingerprint density at radius 3 is 2.78 bits per heavy atom. The molecule has 2 aromatic rings. The Labute approximate surface area is 162 Å². The number of nitrogens with zero attached hydrogens (tertiary/aromatic N) is 2. The van der Waals surface area contributed by atoms with Crippen LogP contribution in [-0.2, 0) is 22.5 Å². The molecule has 0 atom stereocenters. The monoisotopic (exact) mass is 383 g/mol. The van der Waals surface area contributed by atoms with Gasteiger partial charge in [0.2, 0.25) is 5.91 Å². The standard InChI is InChI=1S/C20H21N3O3S/c1-3-26-20(25)18-13(2)16(10-21)19(27-18)22-17(24)12-23-9-8-14-6-4-5-7-15(14)11-23/h4-7H,3,8-9,11-12H2,1-2H3,(H,22,24). The fourth-order valence-corrected chi connectivity index (χ4v) is 4.25. The van der Waals surface area contributed by atoms with Crippen LogP contribution < -0.4 is 5.32 Å². The van der Waals surface area contributed by atoms with Crippen molar-refractivity contribution < 1.29 is 14.3 Å². The number of carbonyl (C=O) groups excluding carboxylic acids is 2. The van der Waals surface area contributed by atoms with Gasteiger partial charge in [-0.15, -0.1) is 11.3 Å². The predicted octanol–water partition coefficient (Wildman–Crippen LogP) is 3.10. The van der Waals surface area contributed by atoms with Gasteiger partial charge in [0.1, 0.15) is 15.9 Å². The van der Waals surface area contributed by atoms with Gasteiger partial charge in [-0.1, -0.05) is 24.3 Å². The molecule has 0 spiro atoms. The molecule has 27 heavy (non-hydrogen) atoms. The highest BCUT2D eigenvalue weighted by molar-refractivity contribution is 7.18. The van der Waals surface area contributed by atoms with E-state index < -0.39 is 5.97 Å². The minimum atomic E-state index is -0.468. The zero-order valence-electron chi connectivity index (χ0n) is 15.4. The third-order valence-corrected chi connectivity index (χ3v) is 5.74. The second-order valence-corrected chi connectivity index (χ2v) is 7.39. The van der Waals surface area contributed by atoms with Crippen LogP contribution in [0.5, 0.6) is 0 Å². The van der Waals surface area contributed by atoms with Crippen LogP contribution in [0.3, 0.4) is 0 Å². The molecule has 3 rings (SSSR count). The molecule has 0 saturated heterocycles. The molecule has 6 nitrogen and oxygen atoms in total. The van der Waals surface area contributed by atoms with Crippen LogP contribution in [0.15, 0.2) is 24.3 Å². The van der Waals surface area contributed by atoms with E-state index in [1.165, 1.54) is 11.1 Å². The number of hydrogen-bond donors (Lipinski definition) is 1. The molecule has 1 amide bonds. The van der Waals surface area contributed by atoms with E-state index in [-0.39, 0.29) is 19.1 Å². The lowest BCUT2D eigenvalue weighted by molar-refractivity contribution is -0.117. The molecule has 1 N–H and O–H groups in total. The van der Waals surface area contributed by atoms with Gasteiger partial charge in [0.15, 0.2) is 0 Å². The van der Waals surface area contributed by atoms with Gasteiger partial charge in [-0.05, 0) is 37.0 Å². The summed E-state index contributed by atoms with van der Waals surface area (Å²) in [4.78, 5) is 27.0. The fraction of sp³-hybridized carbons (Fsp3) is 0.350. The Balaban J connectivity index is 1.69. The van der Waals surface area contributed by atoms with E-state index in [1.807, 2.05) is 12.1 Å². The Morgan fingerprint density at radius 1 is 1.33 bits per heavy atom. The topological polar surface area (TPSA) is 82.4 Å². The number of hydrogen-bond acceptors (Lipinski definition) is 6. The maximum absolute atomic E-state index is 12.5. The number of anilines is 1. The summed E-state index contributed by atoms with van der Waals surface area (Å²) in [7, 11) is 0. The molecule has 0 saturated carbocycles. The molecule has 2 heterocycles. The third kappa shape index (κ3) is 4.18. The number of amides is 1. The average Bonchev–Trinajstić information content (AvgIpc) is 2.97. The lowest BCUT2D eigenvalue weighted by atomic mass is 10.00. The van der Waals surface area contributed by atoms with Gasteiger partial charge in [0.25, 0.3) is 0 Å². The first kappa shape index (κ1) is 19.1. The normalized spacial score (nSPS) is 13.5. The lowest BCUT2D eigenvalue weighted by Crippen LogP contribution is -2.37. The summed E-state index contributed by atoms with van der Waals surface area (Å²) in [5.74, 6) is -0.660. The third-order valence-electron chi connectivity index (χ3n) is 4.55. The number of ether oxygens (including phenoxy) is 1. The zero-order valence-corrected chi connectivity index (χ0v) is 16.2. The fourth-order valence-electron chi connectivity index (χ4n) is 3.19. The zero-order chi connectivity index (χ0) is 19.4. The van der Waals surface area contributed by atoms with Gasteiger partial charge in [-0.25, -0.2) is 4.79 Å². The highest BCUT2D eigenvalue weighted by Gasteiger charge is 2.23. The van der Waals surface area contributed by atoms with Gasteiger partial charge in [0, 0.05) is 13.1 Å². The van der Waals surface area contributed by atoms with Gasteiger partial charge in [-0.2, -0.15) is 5.26 Å². The quantitative estimate of drug-likeness (QED) is 0.802. The van der Waals surface area contributed by atoms with Crippen LogP contribution in [0.25, 0.3) is 0 Å². The van der Waals surface area contributed by atoms with E-state index in [0.29, 0.717) is 21.0 Å². The molecule has 0 fully saturated rings. The molecule has 7 heteroatoms. The number of rotatable bonds is 5. The van der Waals surface area contributed by atoms with Gasteiger partial charge < -0.3 is 10.1 Å². The molecule has 1 aromatic carbocycles. The molecule has 0 radical (unpaired) electrons. The van der Waals surface area contributed by atoms with E-state index >= 15 is 0 Å². The maximum atomic E-state index is 12.5. The molecule has 0 unspecified atom stereocenters. The van der Waals surface area contributed by atoms with E-state index in [9.17, 15) is 14.9 Å². The van der Waals surface area contributed by atoms with Gasteiger partial charge >= 0.3 is 5.97 Å². The number of benzene rings is 1. The van der Waals surface area contributed by atoms with Crippen molar-refractivity contribution >= 4 is 28.2 Å². The second-order valence-electron chi connectivity index (χ2n) is 6.37. The van der Waals surface area contributed by atoms with Crippen molar-refractivity contribution in [1.29, 1.82) is 5.26 Å². The molecule has 140 valence electrons. The summed E-state index contributed by atoms with van der Waals surface area (Å²) in [6.07, 6.45) is 0.915. The SMILES string of the molecule is CCOC(=O)c1sc(NC(=O)CN2CCc3ccccc3C2)c(C#N)c1C. The number of thiophene rings is 1. The van der Waals surface area contributed by atoms with Crippen molar-refractivity contribution in [3.63, 3.8) is 0 Å². The largest absolute Gasteiger partial charge is 0.462 e. The minimum Gasteiger partial charge on any atom is -0.462 e. The van der Waals surface area contributed by atoms with E-state index in [4.69, 9.17) is 4.74 Å². The number of carbonyl (C=O) groups is 2. The van der Waals surface area contributed by atoms with Gasteiger partial charge in [-0.3, -0.25) is 9.69 Å². The number of esters is 1. The first-order valence-electron chi connectivity index (χ1n) is 8.83. The minimum absolute atomic E-state index is 0.192. The van der Waals surface area contributed by atoms with Crippen LogP contribution in [0, 0.1) is 18.3 Å². The van der Waals surface area contributed by atoms with E-state index in [1.54, 1.807) is 13.8 Å². The smallest absolute Gasteiger partial charge is 0.348 e. The average molecular weight is 383 g/mol. The molecule has 0 bridgehead atoms. The molecule has 1 aromatic heterocycles. The molecular formula is C20H21N3O3S. The summed E-state index contributed by atoms with van der Waals surface area (Å²) in [6, 6.07) is 10.3. The highest BCUT2D eigenvalue weighted by Crippen LogP contribution is 2.33. The molecule has 0 aliphatic carbocycles. The van der Waals surface area contributed by atoms with Crippen molar-refractivity contribution in [1.82, 2.24) is 4.90 Å². The van der Waals surface area contributed by atoms with Crippen LogP contribution in [0.1, 0.15) is 38.8 Å². The van der Waals surface area contributed by atoms with Crippen LogP contribution in [0.2, 0.25) is 0 Å². The summed E-state index contributed by atoms with van der Waals surface area (Å²) >= 11 is 1.09. The lowest BCUT2D eigenvalue weighted by Gasteiger charge is -2.27. The summed E-state index contributed by atoms with van der Waals surface area (Å²) in [5.41, 5.74) is 3.43. The van der Waals surface area contributed by atoms with Crippen molar-refractivity contribution in [2.75, 3.05) is 25.0 Å². The Hall–Kier alpha value is -2.69. The number of fused-ring (bicyclic) bond motifs is 1. The van der Waals surface area contributed by atoms with Crippen molar-refractivity contribution in [2.45, 2.75) is 26.8 Å². The van der Waals surface area contributed by atoms with E-state index in [0.717, 1.165) is 30.8 Å². The maximum Gasteiger partial charge on any atom is 0.348 e. The highest BCUT2D eigenvalue weighted by atomic mass is 32.1. The molecule has 1 aliphatic heterocycles. The van der Waals surface area contributed by atoms with E-state index in [2.05, 4.69) is 28.4 Å². The first-order chi connectivity index (χ1) is 13.0. The Kier molecular flexibility index (Phi) is 5.89. The van der Waals surface area contributed by atoms with Crippen LogP contribution in [0.4, 0.5) is 5.00 Å². The number of nitrogens with one attached hydrogen (secondary N) is 1. The van der Waals surface area contributed by atoms with Crippen molar-refractivity contribution in [3.05, 3.63) is 51.4 Å². The van der Waals surface area contributed by atoms with Gasteiger partial charge in [0.05, 0.1) is 18.7 Å². The van der Waals surface area contributed by atoms with Crippen molar-refractivity contribution in [3.8, 4) is 6.07 Å². The summed E-state index contributed by atoms with van der Waals surface area (Å²) < 4.78 is 5.02. The molecule has 1 aliphatic rings. The summed E-state index contributed by atoms with van der Waals surface area (Å²) in [6.45, 7) is 5.46. The van der Waals surface area contributed by atoms with Crippen LogP contribution in [-0.4, -0.2) is 36.5 Å². The second kappa shape index (κ2) is 8.33. The van der Waals surface area contributed by atoms with Crippen molar-refractivity contribution in [2.24, 2.45) is 0 Å². The predicted molar refractivity (Wildman–Crippen MR) is 104 cm³/mol. The molecular weight excluding hydrogens is 362 g/mol. The Morgan fingerprint density at radius 2 is 2.07 bits per heavy atom. The first-order valence-corrected chi connectivity index (χ1v) is 9.64. The summed E-state index contributed by atoms with van der Waals surface area (Å²) in [5, 5.41) is 12.6. The number of nitriles is 1. The Bertz CT molecular complexity index is 914.